The number of hydrogen-bond donors (Lipinski definition) is 0. The SMILES string of the molecule is O=C(c1nccs1)N1CCN(C/C=C/c2ccccc2)CC1. The number of carbonyl (C=O) groups excluding carboxylic acids is 1. The molecular weight excluding hydrogens is 294 g/mol. The molecule has 0 saturated carbocycles. The molecule has 1 fully saturated rings. The number of thiazole rings is 1. The van der Waals surface area contributed by atoms with E-state index in [9.17, 15) is 4.79 Å². The van der Waals surface area contributed by atoms with E-state index in [1.54, 1.807) is 6.20 Å². The smallest absolute Gasteiger partial charge is 0.282 e. The normalized spacial score (nSPS) is 16.3. The number of rotatable bonds is 4. The predicted molar refractivity (Wildman–Crippen MR) is 89.9 cm³/mol. The van der Waals surface area contributed by atoms with Crippen molar-refractivity contribution < 1.29 is 4.79 Å². The molecule has 1 amide bonds. The maximum absolute atomic E-state index is 12.2. The first kappa shape index (κ1) is 14.9. The van der Waals surface area contributed by atoms with E-state index >= 15 is 0 Å². The molecule has 0 bridgehead atoms. The molecule has 0 unspecified atom stereocenters. The van der Waals surface area contributed by atoms with Crippen LogP contribution in [0.2, 0.25) is 0 Å². The maximum atomic E-state index is 12.2. The molecule has 1 aliphatic rings. The number of hydrogen-bond acceptors (Lipinski definition) is 4. The van der Waals surface area contributed by atoms with Crippen molar-refractivity contribution in [1.82, 2.24) is 14.8 Å². The van der Waals surface area contributed by atoms with Gasteiger partial charge in [-0.1, -0.05) is 42.5 Å². The van der Waals surface area contributed by atoms with Crippen LogP contribution in [0.4, 0.5) is 0 Å². The van der Waals surface area contributed by atoms with Gasteiger partial charge >= 0.3 is 0 Å². The topological polar surface area (TPSA) is 36.4 Å². The Labute approximate surface area is 134 Å². The van der Waals surface area contributed by atoms with Gasteiger partial charge in [-0.25, -0.2) is 4.98 Å². The molecule has 1 aromatic carbocycles. The van der Waals surface area contributed by atoms with E-state index in [1.807, 2.05) is 28.5 Å². The van der Waals surface area contributed by atoms with Gasteiger partial charge in [0.25, 0.3) is 5.91 Å². The number of benzene rings is 1. The lowest BCUT2D eigenvalue weighted by atomic mass is 10.2. The molecule has 4 nitrogen and oxygen atoms in total. The summed E-state index contributed by atoms with van der Waals surface area (Å²) in [6.07, 6.45) is 6.02. The van der Waals surface area contributed by atoms with Crippen LogP contribution >= 0.6 is 11.3 Å². The van der Waals surface area contributed by atoms with Crippen molar-refractivity contribution in [2.45, 2.75) is 0 Å². The first-order valence-corrected chi connectivity index (χ1v) is 8.33. The van der Waals surface area contributed by atoms with Gasteiger partial charge < -0.3 is 4.90 Å². The highest BCUT2D eigenvalue weighted by molar-refractivity contribution is 7.11. The molecule has 0 aliphatic carbocycles. The molecular formula is C17H19N3OS. The van der Waals surface area contributed by atoms with E-state index in [0.29, 0.717) is 5.01 Å². The molecule has 22 heavy (non-hydrogen) atoms. The zero-order chi connectivity index (χ0) is 15.2. The second-order valence-corrected chi connectivity index (χ2v) is 6.14. The molecule has 0 atom stereocenters. The van der Waals surface area contributed by atoms with Crippen molar-refractivity contribution in [3.05, 3.63) is 58.6 Å². The largest absolute Gasteiger partial charge is 0.334 e. The van der Waals surface area contributed by atoms with Crippen LogP contribution in [0.15, 0.2) is 48.0 Å². The highest BCUT2D eigenvalue weighted by Gasteiger charge is 2.22. The summed E-state index contributed by atoms with van der Waals surface area (Å²) >= 11 is 1.41. The van der Waals surface area contributed by atoms with Crippen LogP contribution < -0.4 is 0 Å². The fraction of sp³-hybridized carbons (Fsp3) is 0.294. The Morgan fingerprint density at radius 3 is 2.64 bits per heavy atom. The first-order valence-electron chi connectivity index (χ1n) is 7.45. The Kier molecular flexibility index (Phi) is 4.98. The molecule has 3 rings (SSSR count). The summed E-state index contributed by atoms with van der Waals surface area (Å²) < 4.78 is 0. The Hall–Kier alpha value is -1.98. The van der Waals surface area contributed by atoms with Crippen LogP contribution in [-0.2, 0) is 0 Å². The minimum atomic E-state index is 0.0643. The summed E-state index contributed by atoms with van der Waals surface area (Å²) in [4.78, 5) is 20.6. The summed E-state index contributed by atoms with van der Waals surface area (Å²) in [6, 6.07) is 10.3. The maximum Gasteiger partial charge on any atom is 0.282 e. The first-order chi connectivity index (χ1) is 10.8. The van der Waals surface area contributed by atoms with Gasteiger partial charge in [0, 0.05) is 44.3 Å². The second-order valence-electron chi connectivity index (χ2n) is 5.24. The van der Waals surface area contributed by atoms with Crippen molar-refractivity contribution in [2.24, 2.45) is 0 Å². The molecule has 0 N–H and O–H groups in total. The van der Waals surface area contributed by atoms with E-state index in [2.05, 4.69) is 34.2 Å². The van der Waals surface area contributed by atoms with E-state index in [4.69, 9.17) is 0 Å². The van der Waals surface area contributed by atoms with E-state index in [-0.39, 0.29) is 5.91 Å². The number of nitrogens with zero attached hydrogens (tertiary/aromatic N) is 3. The molecule has 0 radical (unpaired) electrons. The molecule has 2 heterocycles. The number of aromatic nitrogens is 1. The fourth-order valence-electron chi connectivity index (χ4n) is 2.50. The highest BCUT2D eigenvalue weighted by Crippen LogP contribution is 2.11. The average molecular weight is 313 g/mol. The molecule has 0 spiro atoms. The average Bonchev–Trinajstić information content (AvgIpc) is 3.10. The van der Waals surface area contributed by atoms with Gasteiger partial charge in [-0.3, -0.25) is 9.69 Å². The lowest BCUT2D eigenvalue weighted by molar-refractivity contribution is 0.0650. The highest BCUT2D eigenvalue weighted by atomic mass is 32.1. The second kappa shape index (κ2) is 7.33. The molecule has 1 aliphatic heterocycles. The third kappa shape index (κ3) is 3.81. The molecule has 2 aromatic rings. The minimum absolute atomic E-state index is 0.0643. The van der Waals surface area contributed by atoms with Crippen LogP contribution in [0, 0.1) is 0 Å². The van der Waals surface area contributed by atoms with Crippen LogP contribution in [0.1, 0.15) is 15.4 Å². The van der Waals surface area contributed by atoms with Crippen LogP contribution in [-0.4, -0.2) is 53.4 Å². The van der Waals surface area contributed by atoms with Crippen molar-refractivity contribution in [1.29, 1.82) is 0 Å². The van der Waals surface area contributed by atoms with E-state index in [0.717, 1.165) is 32.7 Å². The lowest BCUT2D eigenvalue weighted by Crippen LogP contribution is -2.48. The Morgan fingerprint density at radius 2 is 1.95 bits per heavy atom. The predicted octanol–water partition coefficient (Wildman–Crippen LogP) is 2.61. The van der Waals surface area contributed by atoms with Crippen LogP contribution in [0.3, 0.4) is 0 Å². The number of amides is 1. The fourth-order valence-corrected chi connectivity index (χ4v) is 3.10. The van der Waals surface area contributed by atoms with E-state index in [1.165, 1.54) is 16.9 Å². The third-order valence-electron chi connectivity index (χ3n) is 3.75. The summed E-state index contributed by atoms with van der Waals surface area (Å²) in [6.45, 7) is 4.30. The van der Waals surface area contributed by atoms with Crippen LogP contribution in [0.25, 0.3) is 6.08 Å². The standard InChI is InChI=1S/C17H19N3OS/c21-17(16-18-8-14-22-16)20-12-10-19(11-13-20)9-4-7-15-5-2-1-3-6-15/h1-8,14H,9-13H2/b7-4+. The van der Waals surface area contributed by atoms with Crippen molar-refractivity contribution >= 4 is 23.3 Å². The van der Waals surface area contributed by atoms with Gasteiger partial charge in [-0.15, -0.1) is 11.3 Å². The summed E-state index contributed by atoms with van der Waals surface area (Å²) in [7, 11) is 0. The molecule has 5 heteroatoms. The van der Waals surface area contributed by atoms with Gasteiger partial charge in [0.15, 0.2) is 5.01 Å². The lowest BCUT2D eigenvalue weighted by Gasteiger charge is -2.33. The van der Waals surface area contributed by atoms with E-state index < -0.39 is 0 Å². The minimum Gasteiger partial charge on any atom is -0.334 e. The van der Waals surface area contributed by atoms with Gasteiger partial charge in [0.05, 0.1) is 0 Å². The Morgan fingerprint density at radius 1 is 1.18 bits per heavy atom. The number of carbonyl (C=O) groups is 1. The van der Waals surface area contributed by atoms with Crippen LogP contribution in [0.5, 0.6) is 0 Å². The van der Waals surface area contributed by atoms with Gasteiger partial charge in [0.2, 0.25) is 0 Å². The summed E-state index contributed by atoms with van der Waals surface area (Å²) in [5.74, 6) is 0.0643. The molecule has 1 saturated heterocycles. The van der Waals surface area contributed by atoms with Gasteiger partial charge in [-0.2, -0.15) is 0 Å². The monoisotopic (exact) mass is 313 g/mol. The Bertz CT molecular complexity index is 617. The van der Waals surface area contributed by atoms with Crippen molar-refractivity contribution in [2.75, 3.05) is 32.7 Å². The molecule has 1 aromatic heterocycles. The van der Waals surface area contributed by atoms with Crippen molar-refractivity contribution in [3.8, 4) is 0 Å². The Balaban J connectivity index is 1.46. The van der Waals surface area contributed by atoms with Gasteiger partial charge in [-0.05, 0) is 5.56 Å². The third-order valence-corrected chi connectivity index (χ3v) is 4.51. The van der Waals surface area contributed by atoms with Crippen molar-refractivity contribution in [3.63, 3.8) is 0 Å². The number of piperazine rings is 1. The summed E-state index contributed by atoms with van der Waals surface area (Å²) in [5, 5.41) is 2.44. The summed E-state index contributed by atoms with van der Waals surface area (Å²) in [5.41, 5.74) is 1.22. The molecule has 114 valence electrons. The van der Waals surface area contributed by atoms with Gasteiger partial charge in [0.1, 0.15) is 0 Å². The quantitative estimate of drug-likeness (QED) is 0.870. The zero-order valence-electron chi connectivity index (χ0n) is 12.4. The zero-order valence-corrected chi connectivity index (χ0v) is 13.2.